The van der Waals surface area contributed by atoms with Gasteiger partial charge in [0.05, 0.1) is 12.2 Å². The Labute approximate surface area is 149 Å². The number of aliphatic carboxylic acids is 1. The monoisotopic (exact) mass is 359 g/mol. The fourth-order valence-electron chi connectivity index (χ4n) is 3.25. The topological polar surface area (TPSA) is 117 Å². The van der Waals surface area contributed by atoms with E-state index < -0.39 is 23.3 Å². The molecule has 0 saturated carbocycles. The third-order valence-corrected chi connectivity index (χ3v) is 4.67. The summed E-state index contributed by atoms with van der Waals surface area (Å²) in [5.74, 6) is -0.492. The number of ether oxygens (including phenoxy) is 1. The summed E-state index contributed by atoms with van der Waals surface area (Å²) in [6, 6.07) is 2.52. The summed E-state index contributed by atoms with van der Waals surface area (Å²) < 4.78 is 8.23. The number of hydrogen-bond acceptors (Lipinski definition) is 5. The lowest BCUT2D eigenvalue weighted by Crippen LogP contribution is -2.37. The molecule has 0 amide bonds. The van der Waals surface area contributed by atoms with Crippen molar-refractivity contribution in [2.24, 2.45) is 19.8 Å². The normalized spacial score (nSPS) is 14.4. The number of aryl methyl sites for hydroxylation is 1. The molecule has 1 aliphatic heterocycles. The number of hydrogen-bond donors (Lipinski definition) is 2. The summed E-state index contributed by atoms with van der Waals surface area (Å²) >= 11 is 0. The highest BCUT2D eigenvalue weighted by molar-refractivity contribution is 5.75. The van der Waals surface area contributed by atoms with Gasteiger partial charge in [0.25, 0.3) is 5.56 Å². The Bertz CT molecular complexity index is 990. The van der Waals surface area contributed by atoms with Crippen molar-refractivity contribution in [3.8, 4) is 16.9 Å². The van der Waals surface area contributed by atoms with Crippen molar-refractivity contribution in [2.75, 3.05) is 6.61 Å². The Morgan fingerprint density at radius 1 is 1.31 bits per heavy atom. The number of carboxylic acids is 1. The molecule has 0 saturated heterocycles. The van der Waals surface area contributed by atoms with Crippen LogP contribution < -0.4 is 21.7 Å². The molecule has 26 heavy (non-hydrogen) atoms. The second-order valence-electron chi connectivity index (χ2n) is 6.48. The Hall–Kier alpha value is -2.87. The van der Waals surface area contributed by atoms with Crippen molar-refractivity contribution in [3.05, 3.63) is 50.3 Å². The maximum atomic E-state index is 12.6. The summed E-state index contributed by atoms with van der Waals surface area (Å²) in [6.07, 6.45) is 3.21. The lowest BCUT2D eigenvalue weighted by Gasteiger charge is -2.24. The van der Waals surface area contributed by atoms with Crippen LogP contribution in [0.5, 0.6) is 5.75 Å². The van der Waals surface area contributed by atoms with Crippen LogP contribution in [-0.2, 0) is 31.7 Å². The van der Waals surface area contributed by atoms with Crippen molar-refractivity contribution in [2.45, 2.75) is 25.3 Å². The third kappa shape index (κ3) is 3.03. The van der Waals surface area contributed by atoms with E-state index in [0.717, 1.165) is 28.5 Å². The highest BCUT2D eigenvalue weighted by atomic mass is 16.5. The van der Waals surface area contributed by atoms with Gasteiger partial charge in [-0.05, 0) is 30.4 Å². The molecule has 8 heteroatoms. The number of nitrogens with two attached hydrogens (primary N) is 1. The molecular weight excluding hydrogens is 338 g/mol. The van der Waals surface area contributed by atoms with Crippen LogP contribution in [0, 0.1) is 0 Å². The number of carbonyl (C=O) groups is 1. The first-order valence-corrected chi connectivity index (χ1v) is 8.34. The fraction of sp³-hybridized carbons (Fsp3) is 0.389. The largest absolute Gasteiger partial charge is 0.493 e. The maximum Gasteiger partial charge on any atom is 0.330 e. The highest BCUT2D eigenvalue weighted by Crippen LogP contribution is 2.37. The zero-order chi connectivity index (χ0) is 19.0. The molecule has 1 aromatic heterocycles. The van der Waals surface area contributed by atoms with Crippen LogP contribution in [0.2, 0.25) is 0 Å². The van der Waals surface area contributed by atoms with Gasteiger partial charge in [0.2, 0.25) is 0 Å². The predicted molar refractivity (Wildman–Crippen MR) is 95.5 cm³/mol. The molecule has 8 nitrogen and oxygen atoms in total. The molecule has 3 N–H and O–H groups in total. The van der Waals surface area contributed by atoms with E-state index in [1.54, 1.807) is 19.2 Å². The molecule has 2 heterocycles. The second-order valence-corrected chi connectivity index (χ2v) is 6.48. The average molecular weight is 359 g/mol. The summed E-state index contributed by atoms with van der Waals surface area (Å²) in [7, 11) is 3.01. The van der Waals surface area contributed by atoms with Crippen molar-refractivity contribution in [1.82, 2.24) is 9.13 Å². The Morgan fingerprint density at radius 2 is 2.04 bits per heavy atom. The Morgan fingerprint density at radius 3 is 2.73 bits per heavy atom. The van der Waals surface area contributed by atoms with E-state index in [2.05, 4.69) is 0 Å². The van der Waals surface area contributed by atoms with Crippen molar-refractivity contribution >= 4 is 5.97 Å². The summed E-state index contributed by atoms with van der Waals surface area (Å²) in [4.78, 5) is 35.6. The Balaban J connectivity index is 2.18. The number of nitrogens with zero attached hydrogens (tertiary/aromatic N) is 2. The van der Waals surface area contributed by atoms with Gasteiger partial charge in [-0.3, -0.25) is 14.2 Å². The molecule has 0 radical (unpaired) electrons. The van der Waals surface area contributed by atoms with Gasteiger partial charge >= 0.3 is 11.7 Å². The number of aromatic nitrogens is 2. The van der Waals surface area contributed by atoms with E-state index in [-0.39, 0.29) is 6.42 Å². The summed E-state index contributed by atoms with van der Waals surface area (Å²) in [5, 5.41) is 9.07. The minimum atomic E-state index is -1.06. The molecule has 0 bridgehead atoms. The minimum Gasteiger partial charge on any atom is -0.493 e. The minimum absolute atomic E-state index is 0.187. The van der Waals surface area contributed by atoms with Gasteiger partial charge in [-0.1, -0.05) is 12.1 Å². The van der Waals surface area contributed by atoms with Crippen LogP contribution in [0.3, 0.4) is 0 Å². The quantitative estimate of drug-likeness (QED) is 0.796. The third-order valence-electron chi connectivity index (χ3n) is 4.67. The predicted octanol–water partition coefficient (Wildman–Crippen LogP) is 0.0304. The smallest absolute Gasteiger partial charge is 0.330 e. The highest BCUT2D eigenvalue weighted by Gasteiger charge is 2.24. The number of rotatable bonds is 4. The van der Waals surface area contributed by atoms with Gasteiger partial charge in [0, 0.05) is 25.9 Å². The van der Waals surface area contributed by atoms with Crippen LogP contribution in [0.1, 0.15) is 17.5 Å². The first-order chi connectivity index (χ1) is 12.3. The number of benzene rings is 1. The first kappa shape index (κ1) is 17.9. The molecule has 0 spiro atoms. The lowest BCUT2D eigenvalue weighted by atomic mass is 9.91. The lowest BCUT2D eigenvalue weighted by molar-refractivity contribution is -0.138. The van der Waals surface area contributed by atoms with Crippen LogP contribution in [0.15, 0.2) is 27.9 Å². The van der Waals surface area contributed by atoms with Gasteiger partial charge < -0.3 is 20.1 Å². The van der Waals surface area contributed by atoms with E-state index in [9.17, 15) is 14.4 Å². The Kier molecular flexibility index (Phi) is 4.69. The number of fused-ring (bicyclic) bond motifs is 1. The summed E-state index contributed by atoms with van der Waals surface area (Å²) in [6.45, 7) is 0.514. The van der Waals surface area contributed by atoms with Gasteiger partial charge in [0.1, 0.15) is 11.8 Å². The van der Waals surface area contributed by atoms with Gasteiger partial charge in [-0.15, -0.1) is 0 Å². The van der Waals surface area contributed by atoms with Gasteiger partial charge in [-0.25, -0.2) is 4.79 Å². The van der Waals surface area contributed by atoms with E-state index >= 15 is 0 Å². The SMILES string of the molecule is Cn1cc(-c2ccc(C[C@H](N)C(=O)O)c3c2OCCC3)c(=O)n(C)c1=O. The maximum absolute atomic E-state index is 12.6. The first-order valence-electron chi connectivity index (χ1n) is 8.34. The van der Waals surface area contributed by atoms with Crippen molar-refractivity contribution in [3.63, 3.8) is 0 Å². The average Bonchev–Trinajstić information content (AvgIpc) is 2.63. The molecule has 1 atom stereocenters. The van der Waals surface area contributed by atoms with Crippen LogP contribution >= 0.6 is 0 Å². The van der Waals surface area contributed by atoms with E-state index in [1.807, 2.05) is 0 Å². The van der Waals surface area contributed by atoms with Crippen molar-refractivity contribution in [1.29, 1.82) is 0 Å². The van der Waals surface area contributed by atoms with Gasteiger partial charge in [-0.2, -0.15) is 0 Å². The van der Waals surface area contributed by atoms with Crippen LogP contribution in [0.25, 0.3) is 11.1 Å². The molecule has 138 valence electrons. The molecule has 1 aromatic carbocycles. The second kappa shape index (κ2) is 6.80. The zero-order valence-electron chi connectivity index (χ0n) is 14.7. The van der Waals surface area contributed by atoms with E-state index in [0.29, 0.717) is 23.5 Å². The van der Waals surface area contributed by atoms with Crippen molar-refractivity contribution < 1.29 is 14.6 Å². The molecule has 2 aromatic rings. The van der Waals surface area contributed by atoms with E-state index in [1.165, 1.54) is 17.8 Å². The summed E-state index contributed by atoms with van der Waals surface area (Å²) in [5.41, 5.74) is 7.52. The molecule has 0 aliphatic carbocycles. The van der Waals surface area contributed by atoms with Crippen LogP contribution in [0.4, 0.5) is 0 Å². The molecule has 3 rings (SSSR count). The van der Waals surface area contributed by atoms with E-state index in [4.69, 9.17) is 15.6 Å². The standard InChI is InChI=1S/C18H21N3O5/c1-20-9-13(16(22)21(2)18(20)25)12-6-5-10(8-14(19)17(23)24)11-4-3-7-26-15(11)12/h5-6,9,14H,3-4,7-8,19H2,1-2H3,(H,23,24)/t14-/m0/s1. The number of carboxylic acid groups (broad SMARTS) is 1. The molecule has 0 fully saturated rings. The van der Waals surface area contributed by atoms with Gasteiger partial charge in [0.15, 0.2) is 0 Å². The molecular formula is C18H21N3O5. The zero-order valence-corrected chi connectivity index (χ0v) is 14.7. The molecule has 1 aliphatic rings. The fourth-order valence-corrected chi connectivity index (χ4v) is 3.25. The van der Waals surface area contributed by atoms with Crippen LogP contribution in [-0.4, -0.2) is 32.9 Å². The molecule has 0 unspecified atom stereocenters.